The Hall–Kier alpha value is -3.07. The Bertz CT molecular complexity index is 969. The molecule has 2 aromatic carbocycles. The zero-order valence-corrected chi connectivity index (χ0v) is 13.9. The van der Waals surface area contributed by atoms with Gasteiger partial charge < -0.3 is 0 Å². The lowest BCUT2D eigenvalue weighted by atomic mass is 10.0. The maximum absolute atomic E-state index is 11.5. The summed E-state index contributed by atoms with van der Waals surface area (Å²) in [4.78, 5) is 15.9. The van der Waals surface area contributed by atoms with Crippen molar-refractivity contribution < 1.29 is 18.3 Å². The molecule has 128 valence electrons. The van der Waals surface area contributed by atoms with Crippen molar-refractivity contribution in [1.29, 1.82) is 0 Å². The Morgan fingerprint density at radius 2 is 1.72 bits per heavy atom. The Morgan fingerprint density at radius 1 is 1.08 bits per heavy atom. The normalized spacial score (nSPS) is 19.5. The van der Waals surface area contributed by atoms with Crippen LogP contribution in [0.1, 0.15) is 11.1 Å². The molecule has 1 aliphatic heterocycles. The second-order valence-electron chi connectivity index (χ2n) is 5.40. The van der Waals surface area contributed by atoms with Crippen LogP contribution in [0.5, 0.6) is 0 Å². The van der Waals surface area contributed by atoms with Crippen LogP contribution >= 0.6 is 0 Å². The molecule has 3 rings (SSSR count). The van der Waals surface area contributed by atoms with E-state index in [1.807, 2.05) is 0 Å². The maximum Gasteiger partial charge on any atom is 0.297 e. The van der Waals surface area contributed by atoms with Crippen LogP contribution in [-0.2, 0) is 20.4 Å². The summed E-state index contributed by atoms with van der Waals surface area (Å²) in [7, 11) is -3.31. The Kier molecular flexibility index (Phi) is 4.09. The summed E-state index contributed by atoms with van der Waals surface area (Å²) in [6.45, 7) is 0. The van der Waals surface area contributed by atoms with Gasteiger partial charge in [0.05, 0.1) is 10.6 Å². The van der Waals surface area contributed by atoms with Crippen LogP contribution in [0.3, 0.4) is 0 Å². The van der Waals surface area contributed by atoms with Gasteiger partial charge in [-0.15, -0.1) is 15.2 Å². The van der Waals surface area contributed by atoms with Crippen molar-refractivity contribution in [3.05, 3.63) is 81.9 Å². The third kappa shape index (κ3) is 3.41. The number of nitrogens with zero attached hydrogens (tertiary/aromatic N) is 3. The minimum Gasteiger partial charge on any atom is -0.272 e. The molecular weight excluding hydrogens is 346 g/mol. The van der Waals surface area contributed by atoms with Gasteiger partial charge in [-0.05, 0) is 12.1 Å². The highest BCUT2D eigenvalue weighted by atomic mass is 32.2. The van der Waals surface area contributed by atoms with Gasteiger partial charge >= 0.3 is 0 Å². The van der Waals surface area contributed by atoms with Gasteiger partial charge in [0.2, 0.25) is 0 Å². The predicted octanol–water partition coefficient (Wildman–Crippen LogP) is 2.96. The average molecular weight is 359 g/mol. The summed E-state index contributed by atoms with van der Waals surface area (Å²) in [5, 5.41) is 17.9. The monoisotopic (exact) mass is 359 g/mol. The molecule has 25 heavy (non-hydrogen) atoms. The number of rotatable bonds is 5. The number of azo groups is 1. The Morgan fingerprint density at radius 3 is 2.28 bits per heavy atom. The van der Waals surface area contributed by atoms with Gasteiger partial charge in [-0.1, -0.05) is 42.5 Å². The van der Waals surface area contributed by atoms with Crippen LogP contribution in [0, 0.1) is 10.1 Å². The number of hydrogen-bond acceptors (Lipinski definition) is 7. The van der Waals surface area contributed by atoms with E-state index in [2.05, 4.69) is 10.2 Å². The van der Waals surface area contributed by atoms with Crippen molar-refractivity contribution in [3.8, 4) is 0 Å². The molecule has 0 N–H and O–H groups in total. The van der Waals surface area contributed by atoms with Gasteiger partial charge in [0.15, 0.2) is 9.84 Å². The molecule has 0 fully saturated rings. The summed E-state index contributed by atoms with van der Waals surface area (Å²) < 4.78 is 23.0. The van der Waals surface area contributed by atoms with Crippen LogP contribution in [0.2, 0.25) is 0 Å². The average Bonchev–Trinajstić information content (AvgIpc) is 3.00. The fraction of sp³-hybridized carbons (Fsp3) is 0.125. The van der Waals surface area contributed by atoms with Crippen molar-refractivity contribution in [2.24, 2.45) is 10.2 Å². The zero-order valence-electron chi connectivity index (χ0n) is 13.1. The Balaban J connectivity index is 2.02. The second kappa shape index (κ2) is 6.10. The van der Waals surface area contributed by atoms with Crippen LogP contribution < -0.4 is 0 Å². The summed E-state index contributed by atoms with van der Waals surface area (Å²) in [5.74, 6) is 0. The molecule has 0 spiro atoms. The smallest absolute Gasteiger partial charge is 0.272 e. The lowest BCUT2D eigenvalue weighted by Gasteiger charge is -2.19. The number of benzene rings is 2. The van der Waals surface area contributed by atoms with Crippen molar-refractivity contribution in [3.63, 3.8) is 0 Å². The fourth-order valence-electron chi connectivity index (χ4n) is 2.41. The second-order valence-corrected chi connectivity index (χ2v) is 7.42. The van der Waals surface area contributed by atoms with E-state index in [1.165, 1.54) is 18.2 Å². The quantitative estimate of drug-likeness (QED) is 0.602. The number of hydrogen-bond donors (Lipinski definition) is 0. The largest absolute Gasteiger partial charge is 0.297 e. The molecule has 8 nitrogen and oxygen atoms in total. The van der Waals surface area contributed by atoms with Crippen molar-refractivity contribution in [2.45, 2.75) is 10.6 Å². The molecular formula is C16H13N3O5S. The highest BCUT2D eigenvalue weighted by molar-refractivity contribution is 7.90. The maximum atomic E-state index is 11.5. The molecule has 0 bridgehead atoms. The third-order valence-electron chi connectivity index (χ3n) is 3.62. The van der Waals surface area contributed by atoms with Crippen LogP contribution in [-0.4, -0.2) is 19.8 Å². The first-order valence-electron chi connectivity index (χ1n) is 7.15. The van der Waals surface area contributed by atoms with Gasteiger partial charge in [0.1, 0.15) is 0 Å². The van der Waals surface area contributed by atoms with E-state index >= 15 is 0 Å². The molecule has 0 saturated heterocycles. The summed E-state index contributed by atoms with van der Waals surface area (Å²) >= 11 is 0. The van der Waals surface area contributed by atoms with Crippen molar-refractivity contribution in [1.82, 2.24) is 0 Å². The van der Waals surface area contributed by atoms with Gasteiger partial charge in [0, 0.05) is 23.5 Å². The zero-order chi connectivity index (χ0) is 18.1. The van der Waals surface area contributed by atoms with Gasteiger partial charge in [0.25, 0.3) is 10.8 Å². The summed E-state index contributed by atoms with van der Waals surface area (Å²) in [6.07, 6.45) is 2.54. The first-order chi connectivity index (χ1) is 11.8. The Labute approximate surface area is 143 Å². The first-order valence-corrected chi connectivity index (χ1v) is 9.05. The van der Waals surface area contributed by atoms with Crippen LogP contribution in [0.25, 0.3) is 5.70 Å². The molecule has 1 atom stereocenters. The lowest BCUT2D eigenvalue weighted by Crippen LogP contribution is -2.26. The molecule has 0 aromatic heterocycles. The van der Waals surface area contributed by atoms with E-state index in [0.717, 1.165) is 6.26 Å². The molecule has 0 amide bonds. The highest BCUT2D eigenvalue weighted by Gasteiger charge is 2.39. The molecule has 0 radical (unpaired) electrons. The van der Waals surface area contributed by atoms with E-state index in [4.69, 9.17) is 4.84 Å². The molecule has 1 unspecified atom stereocenters. The minimum atomic E-state index is -3.31. The topological polar surface area (TPSA) is 111 Å². The van der Waals surface area contributed by atoms with Gasteiger partial charge in [-0.25, -0.2) is 8.42 Å². The molecule has 0 aliphatic carbocycles. The molecule has 1 aliphatic rings. The first kappa shape index (κ1) is 16.8. The SMILES string of the molecule is CS(=O)(=O)c1ccc(C2=CC(O[N+](=O)[O-])(c3ccccc3)N=N2)cc1. The summed E-state index contributed by atoms with van der Waals surface area (Å²) in [6, 6.07) is 14.5. The van der Waals surface area contributed by atoms with E-state index in [0.29, 0.717) is 16.8 Å². The molecule has 1 heterocycles. The lowest BCUT2D eigenvalue weighted by molar-refractivity contribution is -0.780. The van der Waals surface area contributed by atoms with E-state index in [1.54, 1.807) is 42.5 Å². The van der Waals surface area contributed by atoms with Crippen molar-refractivity contribution >= 4 is 15.5 Å². The van der Waals surface area contributed by atoms with Crippen LogP contribution in [0.4, 0.5) is 0 Å². The molecule has 0 saturated carbocycles. The highest BCUT2D eigenvalue weighted by Crippen LogP contribution is 2.39. The predicted molar refractivity (Wildman–Crippen MR) is 88.6 cm³/mol. The number of sulfone groups is 1. The van der Waals surface area contributed by atoms with Gasteiger partial charge in [-0.2, -0.15) is 5.11 Å². The van der Waals surface area contributed by atoms with E-state index in [9.17, 15) is 18.5 Å². The van der Waals surface area contributed by atoms with E-state index in [-0.39, 0.29) is 4.90 Å². The standard InChI is InChI=1S/C16H13N3O5S/c1-25(22,23)14-9-7-12(8-10-14)15-11-16(18-17-15,24-19(20)21)13-5-3-2-4-6-13/h2-11H,1H3. The summed E-state index contributed by atoms with van der Waals surface area (Å²) in [5.41, 5.74) is -0.278. The van der Waals surface area contributed by atoms with Crippen molar-refractivity contribution in [2.75, 3.05) is 6.26 Å². The third-order valence-corrected chi connectivity index (χ3v) is 4.75. The molecule has 2 aromatic rings. The fourth-order valence-corrected chi connectivity index (χ4v) is 3.04. The molecule has 9 heteroatoms. The minimum absolute atomic E-state index is 0.169. The van der Waals surface area contributed by atoms with E-state index < -0.39 is 20.6 Å². The van der Waals surface area contributed by atoms with Gasteiger partial charge in [-0.3, -0.25) is 4.84 Å². The van der Waals surface area contributed by atoms with Crippen LogP contribution in [0.15, 0.2) is 75.8 Å².